The summed E-state index contributed by atoms with van der Waals surface area (Å²) in [5.74, 6) is 1.74. The summed E-state index contributed by atoms with van der Waals surface area (Å²) in [6.07, 6.45) is 17.0. The van der Waals surface area contributed by atoms with Crippen molar-refractivity contribution in [1.29, 1.82) is 0 Å². The third-order valence-electron chi connectivity index (χ3n) is 18.5. The molecule has 4 aromatic carbocycles. The van der Waals surface area contributed by atoms with E-state index in [1.54, 1.807) is 109 Å². The summed E-state index contributed by atoms with van der Waals surface area (Å²) in [5.41, 5.74) is 2.16. The monoisotopic (exact) mass is 1480 g/mol. The maximum absolute atomic E-state index is 13.7. The summed E-state index contributed by atoms with van der Waals surface area (Å²) in [5, 5.41) is 12.5. The summed E-state index contributed by atoms with van der Waals surface area (Å²) in [6.45, 7) is 18.5. The zero-order chi connectivity index (χ0) is 72.4. The second-order valence-electron chi connectivity index (χ2n) is 28.4. The molecule has 8 aromatic rings. The molecule has 0 unspecified atom stereocenters. The van der Waals surface area contributed by atoms with Crippen LogP contribution >= 0.6 is 34.8 Å². The van der Waals surface area contributed by atoms with E-state index in [1.165, 1.54) is 21.1 Å². The van der Waals surface area contributed by atoms with Crippen LogP contribution in [-0.4, -0.2) is 157 Å². The lowest BCUT2D eigenvalue weighted by Gasteiger charge is -2.41. The Morgan fingerprint density at radius 1 is 0.545 bits per heavy atom. The number of rotatable bonds is 16. The first-order chi connectivity index (χ1) is 48.0. The summed E-state index contributed by atoms with van der Waals surface area (Å²) in [6, 6.07) is 32.0. The summed E-state index contributed by atoms with van der Waals surface area (Å²) in [7, 11) is -7.73. The van der Waals surface area contributed by atoms with Gasteiger partial charge in [0.05, 0.1) is 54.7 Å². The Bertz CT molecular complexity index is 4440. The Kier molecular flexibility index (Phi) is 24.8. The molecular formula is C74H91Cl3N12O10S2. The molecule has 3 amide bonds. The molecule has 4 fully saturated rings. The van der Waals surface area contributed by atoms with Crippen LogP contribution in [0.4, 0.5) is 21.5 Å². The first-order valence-corrected chi connectivity index (χ1v) is 38.6. The number of nitrogens with zero attached hydrogens (tertiary/aromatic N) is 9. The Morgan fingerprint density at radius 2 is 0.941 bits per heavy atom. The average Bonchev–Trinajstić information content (AvgIpc) is 1.61. The van der Waals surface area contributed by atoms with Gasteiger partial charge in [0.15, 0.2) is 0 Å². The van der Waals surface area contributed by atoms with Crippen molar-refractivity contribution < 1.29 is 45.5 Å². The Morgan fingerprint density at radius 3 is 1.38 bits per heavy atom. The lowest BCUT2D eigenvalue weighted by atomic mass is 9.88. The highest BCUT2D eigenvalue weighted by atomic mass is 35.5. The van der Waals surface area contributed by atoms with Crippen LogP contribution in [0.25, 0.3) is 44.3 Å². The number of carbonyl (C=O) groups is 4. The maximum atomic E-state index is 13.7. The molecule has 12 rings (SSSR count). The molecule has 0 spiro atoms. The van der Waals surface area contributed by atoms with E-state index in [1.807, 2.05) is 81.7 Å². The van der Waals surface area contributed by atoms with Crippen molar-refractivity contribution in [3.05, 3.63) is 144 Å². The number of aromatic nitrogens is 6. The summed E-state index contributed by atoms with van der Waals surface area (Å²) < 4.78 is 68.3. The molecule has 101 heavy (non-hydrogen) atoms. The highest BCUT2D eigenvalue weighted by molar-refractivity contribution is 7.90. The normalized spacial score (nSPS) is 18.7. The van der Waals surface area contributed by atoms with Crippen LogP contribution < -0.4 is 16.0 Å². The van der Waals surface area contributed by atoms with Crippen molar-refractivity contribution in [2.45, 2.75) is 178 Å². The van der Waals surface area contributed by atoms with E-state index < -0.39 is 31.2 Å². The molecule has 4 aromatic heterocycles. The number of para-hydroxylation sites is 2. The second kappa shape index (κ2) is 33.1. The molecule has 27 heteroatoms. The summed E-state index contributed by atoms with van der Waals surface area (Å²) >= 11 is 18.0. The predicted octanol–water partition coefficient (Wildman–Crippen LogP) is 14.9. The number of nitrogens with one attached hydrogen (secondary N) is 3. The highest BCUT2D eigenvalue weighted by Crippen LogP contribution is 2.39. The SMILES string of the molecule is CC(=O)Cl.CC(=O)N(CC1CCN(C(=O)OC(C)(C)C)CC1)[C@H]1CCC[C@@H](Nc2ncc(Cl)c(-c3cn(S(=O)(=O)c4ccccc4)c4ccccc34)n2)C1.CC(C)(C)OC(=O)N1CCC(CN[C@H]2CCC[C@@H](Nc3ncc(Cl)c(-c4cn(S(=O)(=O)c5ccccc5)c5ccccc45)n3)C2)CC1. The number of fused-ring (bicyclic) bond motifs is 2. The smallest absolute Gasteiger partial charge is 0.410 e. The minimum Gasteiger partial charge on any atom is -0.444 e. The summed E-state index contributed by atoms with van der Waals surface area (Å²) in [4.78, 5) is 71.7. The topological polar surface area (TPSA) is 262 Å². The third kappa shape index (κ3) is 19.7. The van der Waals surface area contributed by atoms with Crippen LogP contribution in [0.3, 0.4) is 0 Å². The lowest BCUT2D eigenvalue weighted by Crippen LogP contribution is -2.49. The molecule has 3 N–H and O–H groups in total. The number of halogens is 3. The predicted molar refractivity (Wildman–Crippen MR) is 396 cm³/mol. The van der Waals surface area contributed by atoms with E-state index >= 15 is 0 Å². The van der Waals surface area contributed by atoms with Gasteiger partial charge in [0.25, 0.3) is 20.0 Å². The van der Waals surface area contributed by atoms with Gasteiger partial charge in [0.1, 0.15) is 11.2 Å². The van der Waals surface area contributed by atoms with Crippen LogP contribution in [0, 0.1) is 11.8 Å². The number of hydrogen-bond acceptors (Lipinski definition) is 17. The van der Waals surface area contributed by atoms with Gasteiger partial charge in [-0.15, -0.1) is 0 Å². The quantitative estimate of drug-likeness (QED) is 0.0759. The fraction of sp³-hybridized carbons (Fsp3) is 0.459. The van der Waals surface area contributed by atoms with Crippen LogP contribution in [0.1, 0.15) is 132 Å². The molecule has 0 radical (unpaired) electrons. The van der Waals surface area contributed by atoms with Gasteiger partial charge in [0.2, 0.25) is 23.0 Å². The van der Waals surface area contributed by atoms with Crippen LogP contribution in [0.15, 0.2) is 144 Å². The zero-order valence-electron chi connectivity index (χ0n) is 58.5. The molecule has 0 bridgehead atoms. The molecule has 2 aliphatic heterocycles. The third-order valence-corrected chi connectivity index (χ3v) is 22.4. The van der Waals surface area contributed by atoms with Gasteiger partial charge in [-0.25, -0.2) is 54.3 Å². The molecule has 4 atom stereocenters. The largest absolute Gasteiger partial charge is 0.444 e. The van der Waals surface area contributed by atoms with Gasteiger partial charge in [-0.05, 0) is 185 Å². The van der Waals surface area contributed by atoms with Gasteiger partial charge in [-0.1, -0.05) is 96.0 Å². The average molecular weight is 1480 g/mol. The maximum Gasteiger partial charge on any atom is 0.410 e. The van der Waals surface area contributed by atoms with Crippen molar-refractivity contribution in [3.63, 3.8) is 0 Å². The highest BCUT2D eigenvalue weighted by Gasteiger charge is 2.35. The van der Waals surface area contributed by atoms with E-state index in [-0.39, 0.29) is 51.3 Å². The number of carbonyl (C=O) groups excluding carboxylic acids is 4. The van der Waals surface area contributed by atoms with Gasteiger partial charge in [-0.3, -0.25) is 9.59 Å². The first kappa shape index (κ1) is 75.8. The number of ether oxygens (including phenoxy) is 2. The minimum atomic E-state index is -3.88. The van der Waals surface area contributed by atoms with Crippen molar-refractivity contribution in [2.75, 3.05) is 49.9 Å². The van der Waals surface area contributed by atoms with Crippen molar-refractivity contribution >= 4 is 112 Å². The lowest BCUT2D eigenvalue weighted by molar-refractivity contribution is -0.133. The number of anilines is 2. The molecule has 6 heterocycles. The number of hydrogen-bond donors (Lipinski definition) is 3. The molecule has 2 saturated carbocycles. The van der Waals surface area contributed by atoms with Gasteiger partial charge in [0, 0.05) is 105 Å². The Labute approximate surface area is 607 Å². The molecule has 540 valence electrons. The fourth-order valence-electron chi connectivity index (χ4n) is 13.6. The second-order valence-corrected chi connectivity index (χ2v) is 33.3. The van der Waals surface area contributed by atoms with Crippen molar-refractivity contribution in [1.82, 2.24) is 47.9 Å². The first-order valence-electron chi connectivity index (χ1n) is 34.5. The van der Waals surface area contributed by atoms with Crippen LogP contribution in [0.5, 0.6) is 0 Å². The Hall–Kier alpha value is -7.87. The zero-order valence-corrected chi connectivity index (χ0v) is 62.4. The van der Waals surface area contributed by atoms with Gasteiger partial charge in [-0.2, -0.15) is 0 Å². The van der Waals surface area contributed by atoms with Crippen molar-refractivity contribution in [3.8, 4) is 22.5 Å². The number of benzene rings is 4. The van der Waals surface area contributed by atoms with E-state index in [9.17, 15) is 36.0 Å². The van der Waals surface area contributed by atoms with Crippen LogP contribution in [0.2, 0.25) is 10.0 Å². The van der Waals surface area contributed by atoms with Gasteiger partial charge >= 0.3 is 12.2 Å². The van der Waals surface area contributed by atoms with E-state index in [0.29, 0.717) is 98.4 Å². The number of amides is 3. The van der Waals surface area contributed by atoms with Crippen LogP contribution in [-0.2, 0) is 39.1 Å². The molecular weight excluding hydrogens is 1390 g/mol. The van der Waals surface area contributed by atoms with E-state index in [0.717, 1.165) is 102 Å². The number of piperidine rings is 2. The Balaban J connectivity index is 0.000000207. The molecule has 22 nitrogen and oxygen atoms in total. The standard InChI is InChI=1S/C37H45ClN6O5S.C35H43ClN6O4S.C2H3ClO/c1-25(45)43(23-26-17-19-42(20-18-26)36(46)49-37(2,3)4)28-12-10-11-27(21-28)40-35-39-22-32(38)34(41-35)31-24-44(33-16-9-8-15-30(31)33)50(47,48)29-13-6-5-7-14-29;1-35(2,3)46-34(43)41-18-16-24(17-19-41)21-37-25-10-9-11-26(20-25)39-33-38-22-30(36)32(40-33)29-23-42(31-15-8-7-14-28(29)31)47(44,45)27-12-5-4-6-13-27;1-2(3)4/h5-9,13-16,22,24,26-28H,10-12,17-21,23H2,1-4H3,(H,39,40,41);4-8,12-15,22-26,37H,9-11,16-21H2,1-3H3,(H,38,39,40);1H3/t27-,28+;25-,26+;/m10./s1. The molecule has 4 aliphatic rings. The molecule has 2 aliphatic carbocycles. The van der Waals surface area contributed by atoms with Crippen molar-refractivity contribution in [2.24, 2.45) is 11.8 Å². The number of likely N-dealkylation sites (tertiary alicyclic amines) is 2. The van der Waals surface area contributed by atoms with Gasteiger partial charge < -0.3 is 40.1 Å². The minimum absolute atomic E-state index is 0.0263. The molecule has 2 saturated heterocycles. The van der Waals surface area contributed by atoms with E-state index in [4.69, 9.17) is 42.6 Å². The fourth-order valence-corrected chi connectivity index (χ4v) is 16.8. The van der Waals surface area contributed by atoms with E-state index in [2.05, 4.69) is 37.5 Å².